The van der Waals surface area contributed by atoms with E-state index in [0.717, 1.165) is 48.7 Å². The van der Waals surface area contributed by atoms with E-state index >= 15 is 0 Å². The zero-order chi connectivity index (χ0) is 20.9. The van der Waals surface area contributed by atoms with Crippen LogP contribution < -0.4 is 0 Å². The van der Waals surface area contributed by atoms with Gasteiger partial charge in [-0.15, -0.1) is 0 Å². The molecule has 0 saturated carbocycles. The Labute approximate surface area is 185 Å². The minimum absolute atomic E-state index is 0.493. The molecule has 0 unspecified atom stereocenters. The van der Waals surface area contributed by atoms with Gasteiger partial charge >= 0.3 is 0 Å². The maximum Gasteiger partial charge on any atom is 0.164 e. The first-order valence-electron chi connectivity index (χ1n) is 9.78. The minimum Gasteiger partial charge on any atom is -0.360 e. The maximum atomic E-state index is 10.3. The van der Waals surface area contributed by atoms with Gasteiger partial charge in [-0.1, -0.05) is 58.4 Å². The molecule has 0 atom stereocenters. The molecule has 3 heterocycles. The van der Waals surface area contributed by atoms with Crippen molar-refractivity contribution in [2.24, 2.45) is 0 Å². The van der Waals surface area contributed by atoms with Crippen LogP contribution in [0.25, 0.3) is 50.0 Å². The van der Waals surface area contributed by atoms with Crippen LogP contribution in [0.4, 0.5) is 0 Å². The summed E-state index contributed by atoms with van der Waals surface area (Å²) in [5.74, 6) is 0. The Morgan fingerprint density at radius 2 is 1.65 bits per heavy atom. The van der Waals surface area contributed by atoms with Gasteiger partial charge in [-0.3, -0.25) is 0 Å². The molecule has 3 aromatic carbocycles. The monoisotopic (exact) mass is 463 g/mol. The van der Waals surface area contributed by atoms with Gasteiger partial charge in [0.15, 0.2) is 5.65 Å². The number of nitrogens with zero attached hydrogens (tertiary/aromatic N) is 4. The van der Waals surface area contributed by atoms with Crippen molar-refractivity contribution in [2.75, 3.05) is 0 Å². The van der Waals surface area contributed by atoms with E-state index in [0.29, 0.717) is 11.3 Å². The van der Waals surface area contributed by atoms with Crippen molar-refractivity contribution in [3.63, 3.8) is 0 Å². The Bertz CT molecular complexity index is 1650. The van der Waals surface area contributed by atoms with Gasteiger partial charge in [0.1, 0.15) is 11.6 Å². The largest absolute Gasteiger partial charge is 0.360 e. The third-order valence-corrected chi connectivity index (χ3v) is 6.06. The highest BCUT2D eigenvalue weighted by atomic mass is 79.9. The summed E-state index contributed by atoms with van der Waals surface area (Å²) in [4.78, 5) is 8.28. The lowest BCUT2D eigenvalue weighted by atomic mass is 10.0. The lowest BCUT2D eigenvalue weighted by Gasteiger charge is -2.12. The second-order valence-electron chi connectivity index (χ2n) is 7.30. The fourth-order valence-corrected chi connectivity index (χ4v) is 4.37. The number of rotatable bonds is 2. The van der Waals surface area contributed by atoms with Crippen LogP contribution in [0.3, 0.4) is 0 Å². The molecule has 0 bridgehead atoms. The zero-order valence-electron chi connectivity index (χ0n) is 16.2. The second-order valence-corrected chi connectivity index (χ2v) is 8.22. The topological polar surface area (TPSA) is 69.8 Å². The predicted molar refractivity (Wildman–Crippen MR) is 126 cm³/mol. The summed E-state index contributed by atoms with van der Waals surface area (Å²) in [6, 6.07) is 26.3. The first kappa shape index (κ1) is 17.9. The number of nitrogens with one attached hydrogen (secondary N) is 1. The average molecular weight is 464 g/mol. The Morgan fingerprint density at radius 3 is 2.45 bits per heavy atom. The number of aromatic amines is 1. The van der Waals surface area contributed by atoms with Crippen molar-refractivity contribution in [2.45, 2.75) is 0 Å². The number of H-pyrrole nitrogens is 1. The van der Waals surface area contributed by atoms with Gasteiger partial charge < -0.3 is 4.98 Å². The van der Waals surface area contributed by atoms with Gasteiger partial charge in [-0.2, -0.15) is 10.4 Å². The van der Waals surface area contributed by atoms with Crippen LogP contribution in [0, 0.1) is 11.3 Å². The molecular weight excluding hydrogens is 450 g/mol. The molecule has 0 aliphatic carbocycles. The van der Waals surface area contributed by atoms with E-state index in [4.69, 9.17) is 10.1 Å². The third-order valence-electron chi connectivity index (χ3n) is 5.53. The van der Waals surface area contributed by atoms with Crippen LogP contribution in [-0.2, 0) is 0 Å². The van der Waals surface area contributed by atoms with Gasteiger partial charge in [0.25, 0.3) is 0 Å². The average Bonchev–Trinajstić information content (AvgIpc) is 3.40. The molecule has 0 amide bonds. The lowest BCUT2D eigenvalue weighted by molar-refractivity contribution is 0.962. The van der Waals surface area contributed by atoms with E-state index in [2.05, 4.69) is 27.0 Å². The lowest BCUT2D eigenvalue weighted by Crippen LogP contribution is -2.03. The Hall–Kier alpha value is -3.95. The SMILES string of the molecule is N#Cc1c(-c2c[nH]c3ccccc23)nc2c3ccccc3nn2c1-c1ccc(Br)cc1. The molecule has 146 valence electrons. The molecule has 0 fully saturated rings. The van der Waals surface area contributed by atoms with Gasteiger partial charge in [0.05, 0.1) is 16.9 Å². The molecule has 6 rings (SSSR count). The quantitative estimate of drug-likeness (QED) is 0.326. The second kappa shape index (κ2) is 6.79. The van der Waals surface area contributed by atoms with Crippen LogP contribution in [-0.4, -0.2) is 19.6 Å². The summed E-state index contributed by atoms with van der Waals surface area (Å²) in [7, 11) is 0. The van der Waals surface area contributed by atoms with E-state index < -0.39 is 0 Å². The van der Waals surface area contributed by atoms with Crippen LogP contribution in [0.2, 0.25) is 0 Å². The standard InChI is InChI=1S/C25H14BrN5/c26-16-11-9-15(10-12-16)24-19(13-27)23(20-14-28-21-7-3-1-5-17(20)21)29-25-18-6-2-4-8-22(18)30-31(24)25/h1-12,14,28H. The predicted octanol–water partition coefficient (Wildman–Crippen LogP) is 6.33. The van der Waals surface area contributed by atoms with Gasteiger partial charge in [-0.05, 0) is 30.3 Å². The number of hydrogen-bond acceptors (Lipinski definition) is 3. The normalized spacial score (nSPS) is 11.4. The van der Waals surface area contributed by atoms with Crippen LogP contribution in [0.5, 0.6) is 0 Å². The number of nitriles is 1. The van der Waals surface area contributed by atoms with E-state index in [9.17, 15) is 5.26 Å². The number of hydrogen-bond donors (Lipinski definition) is 1. The number of aromatic nitrogens is 4. The van der Waals surface area contributed by atoms with Crippen molar-refractivity contribution < 1.29 is 0 Å². The molecule has 0 spiro atoms. The number of halogens is 1. The van der Waals surface area contributed by atoms with Crippen molar-refractivity contribution in [3.05, 3.63) is 89.0 Å². The summed E-state index contributed by atoms with van der Waals surface area (Å²) in [5, 5.41) is 17.0. The summed E-state index contributed by atoms with van der Waals surface area (Å²) in [6.45, 7) is 0. The summed E-state index contributed by atoms with van der Waals surface area (Å²) >= 11 is 3.50. The van der Waals surface area contributed by atoms with Gasteiger partial charge in [0, 0.05) is 38.1 Å². The molecule has 0 saturated heterocycles. The zero-order valence-corrected chi connectivity index (χ0v) is 17.8. The van der Waals surface area contributed by atoms with Crippen molar-refractivity contribution in [3.8, 4) is 28.6 Å². The van der Waals surface area contributed by atoms with Crippen molar-refractivity contribution >= 4 is 43.4 Å². The Morgan fingerprint density at radius 1 is 0.903 bits per heavy atom. The number of para-hydroxylation sites is 1. The highest BCUT2D eigenvalue weighted by molar-refractivity contribution is 9.10. The van der Waals surface area contributed by atoms with E-state index in [1.54, 1.807) is 4.52 Å². The van der Waals surface area contributed by atoms with Crippen LogP contribution >= 0.6 is 15.9 Å². The molecule has 3 aromatic heterocycles. The summed E-state index contributed by atoms with van der Waals surface area (Å²) in [5.41, 5.74) is 6.26. The van der Waals surface area contributed by atoms with Crippen molar-refractivity contribution in [1.29, 1.82) is 5.26 Å². The van der Waals surface area contributed by atoms with Gasteiger partial charge in [0.2, 0.25) is 0 Å². The Kier molecular flexibility index (Phi) is 3.92. The van der Waals surface area contributed by atoms with E-state index in [-0.39, 0.29) is 0 Å². The number of benzene rings is 3. The minimum atomic E-state index is 0.493. The first-order chi connectivity index (χ1) is 15.2. The molecule has 6 aromatic rings. The maximum absolute atomic E-state index is 10.3. The third kappa shape index (κ3) is 2.68. The van der Waals surface area contributed by atoms with E-state index in [1.807, 2.05) is 79.0 Å². The number of fused-ring (bicyclic) bond motifs is 4. The highest BCUT2D eigenvalue weighted by Crippen LogP contribution is 2.36. The summed E-state index contributed by atoms with van der Waals surface area (Å²) in [6.07, 6.45) is 1.92. The Balaban J connectivity index is 1.80. The molecular formula is C25H14BrN5. The fourth-order valence-electron chi connectivity index (χ4n) is 4.11. The molecule has 0 aliphatic heterocycles. The van der Waals surface area contributed by atoms with Gasteiger partial charge in [-0.25, -0.2) is 9.50 Å². The first-order valence-corrected chi connectivity index (χ1v) is 10.6. The van der Waals surface area contributed by atoms with E-state index in [1.165, 1.54) is 0 Å². The smallest absolute Gasteiger partial charge is 0.164 e. The van der Waals surface area contributed by atoms with Crippen LogP contribution in [0.1, 0.15) is 5.56 Å². The fraction of sp³-hybridized carbons (Fsp3) is 0. The highest BCUT2D eigenvalue weighted by Gasteiger charge is 2.22. The molecule has 0 radical (unpaired) electrons. The van der Waals surface area contributed by atoms with Crippen molar-refractivity contribution in [1.82, 2.24) is 19.6 Å². The molecule has 1 N–H and O–H groups in total. The molecule has 5 nitrogen and oxygen atoms in total. The van der Waals surface area contributed by atoms with Crippen LogP contribution in [0.15, 0.2) is 83.5 Å². The molecule has 0 aliphatic rings. The summed E-state index contributed by atoms with van der Waals surface area (Å²) < 4.78 is 2.77. The molecule has 6 heteroatoms. The molecule has 31 heavy (non-hydrogen) atoms.